The number of hydrogen-bond acceptors (Lipinski definition) is 4. The van der Waals surface area contributed by atoms with Gasteiger partial charge in [0.05, 0.1) is 6.61 Å². The molecule has 1 atom stereocenters. The molecule has 27 heavy (non-hydrogen) atoms. The molecular formula is C23H19NO3. The monoisotopic (exact) mass is 357 g/mol. The molecule has 4 nitrogen and oxygen atoms in total. The third-order valence-corrected chi connectivity index (χ3v) is 5.14. The number of hydrogen-bond donors (Lipinski definition) is 1. The Morgan fingerprint density at radius 2 is 1.56 bits per heavy atom. The van der Waals surface area contributed by atoms with Crippen LogP contribution in [0.2, 0.25) is 0 Å². The quantitative estimate of drug-likeness (QED) is 0.561. The Bertz CT molecular complexity index is 1050. The summed E-state index contributed by atoms with van der Waals surface area (Å²) < 4.78 is 0. The van der Waals surface area contributed by atoms with Crippen LogP contribution in [0.3, 0.4) is 0 Å². The van der Waals surface area contributed by atoms with Crippen molar-refractivity contribution in [1.82, 2.24) is 0 Å². The van der Waals surface area contributed by atoms with Gasteiger partial charge in [-0.1, -0.05) is 60.7 Å². The number of carbonyl (C=O) groups excluding carboxylic acids is 2. The molecule has 1 aliphatic rings. The van der Waals surface area contributed by atoms with Crippen LogP contribution in [0.5, 0.6) is 0 Å². The van der Waals surface area contributed by atoms with Gasteiger partial charge in [-0.25, -0.2) is 5.90 Å². The van der Waals surface area contributed by atoms with Crippen LogP contribution in [-0.4, -0.2) is 11.6 Å². The van der Waals surface area contributed by atoms with Crippen LogP contribution in [-0.2, 0) is 11.4 Å². The fraction of sp³-hybridized carbons (Fsp3) is 0.130. The van der Waals surface area contributed by atoms with E-state index in [0.29, 0.717) is 11.1 Å². The predicted molar refractivity (Wildman–Crippen MR) is 103 cm³/mol. The zero-order chi connectivity index (χ0) is 19.0. The Labute approximate surface area is 157 Å². The third kappa shape index (κ3) is 2.89. The van der Waals surface area contributed by atoms with E-state index in [1.807, 2.05) is 67.6 Å². The summed E-state index contributed by atoms with van der Waals surface area (Å²) in [6.45, 7) is 2.19. The molecule has 0 spiro atoms. The molecule has 134 valence electrons. The van der Waals surface area contributed by atoms with Gasteiger partial charge in [0.25, 0.3) is 0 Å². The van der Waals surface area contributed by atoms with Gasteiger partial charge >= 0.3 is 0 Å². The largest absolute Gasteiger partial charge is 0.300 e. The van der Waals surface area contributed by atoms with E-state index in [2.05, 4.69) is 0 Å². The second-order valence-corrected chi connectivity index (χ2v) is 6.75. The topological polar surface area (TPSA) is 69.4 Å². The molecule has 2 N–H and O–H groups in total. The first-order valence-electron chi connectivity index (χ1n) is 8.79. The maximum atomic E-state index is 13.1. The average molecular weight is 357 g/mol. The molecule has 0 aromatic heterocycles. The first-order chi connectivity index (χ1) is 13.1. The smallest absolute Gasteiger partial charge is 0.178 e. The number of rotatable bonds is 4. The van der Waals surface area contributed by atoms with Gasteiger partial charge in [-0.15, -0.1) is 0 Å². The molecule has 0 saturated heterocycles. The van der Waals surface area contributed by atoms with Gasteiger partial charge < -0.3 is 0 Å². The number of aryl methyl sites for hydroxylation is 1. The summed E-state index contributed by atoms with van der Waals surface area (Å²) in [6.07, 6.45) is 0. The normalized spacial score (nSPS) is 15.9. The van der Waals surface area contributed by atoms with E-state index in [0.717, 1.165) is 27.8 Å². The molecule has 0 amide bonds. The molecule has 3 aromatic rings. The van der Waals surface area contributed by atoms with Gasteiger partial charge in [0, 0.05) is 11.1 Å². The van der Waals surface area contributed by atoms with Gasteiger partial charge in [0.15, 0.2) is 11.6 Å². The molecule has 0 bridgehead atoms. The highest BCUT2D eigenvalue weighted by Gasteiger charge is 2.40. The lowest BCUT2D eigenvalue weighted by molar-refractivity contribution is 0.0889. The first-order valence-corrected chi connectivity index (χ1v) is 8.79. The molecule has 0 aliphatic heterocycles. The lowest BCUT2D eigenvalue weighted by Gasteiger charge is -2.10. The summed E-state index contributed by atoms with van der Waals surface area (Å²) in [7, 11) is 0. The molecule has 4 rings (SSSR count). The highest BCUT2D eigenvalue weighted by Crippen LogP contribution is 2.37. The number of benzene rings is 3. The second kappa shape index (κ2) is 6.91. The zero-order valence-corrected chi connectivity index (χ0v) is 14.9. The summed E-state index contributed by atoms with van der Waals surface area (Å²) in [6, 6.07) is 20.7. The van der Waals surface area contributed by atoms with E-state index < -0.39 is 5.92 Å². The van der Waals surface area contributed by atoms with E-state index >= 15 is 0 Å². The van der Waals surface area contributed by atoms with Crippen LogP contribution < -0.4 is 5.90 Å². The molecular weight excluding hydrogens is 338 g/mol. The minimum atomic E-state index is -0.751. The van der Waals surface area contributed by atoms with E-state index in [1.165, 1.54) is 0 Å². The van der Waals surface area contributed by atoms with Crippen LogP contribution in [0.1, 0.15) is 43.3 Å². The van der Waals surface area contributed by atoms with Gasteiger partial charge in [-0.2, -0.15) is 0 Å². The van der Waals surface area contributed by atoms with Gasteiger partial charge in [-0.05, 0) is 40.8 Å². The number of nitrogens with two attached hydrogens (primary N) is 1. The minimum absolute atomic E-state index is 0.130. The van der Waals surface area contributed by atoms with Gasteiger partial charge in [0.1, 0.15) is 5.92 Å². The summed E-state index contributed by atoms with van der Waals surface area (Å²) in [5.41, 5.74) is 5.43. The number of ketones is 2. The molecule has 4 heteroatoms. The zero-order valence-electron chi connectivity index (χ0n) is 14.9. The highest BCUT2D eigenvalue weighted by molar-refractivity contribution is 6.30. The predicted octanol–water partition coefficient (Wildman–Crippen LogP) is 4.22. The van der Waals surface area contributed by atoms with Crippen molar-refractivity contribution >= 4 is 11.6 Å². The van der Waals surface area contributed by atoms with Crippen molar-refractivity contribution in [3.63, 3.8) is 0 Å². The van der Waals surface area contributed by atoms with Crippen LogP contribution >= 0.6 is 0 Å². The van der Waals surface area contributed by atoms with Crippen LogP contribution in [0.4, 0.5) is 0 Å². The van der Waals surface area contributed by atoms with Crippen molar-refractivity contribution in [3.8, 4) is 11.1 Å². The maximum Gasteiger partial charge on any atom is 0.178 e. The Kier molecular flexibility index (Phi) is 4.44. The second-order valence-electron chi connectivity index (χ2n) is 6.75. The summed E-state index contributed by atoms with van der Waals surface area (Å²) in [4.78, 5) is 30.8. The molecule has 3 aromatic carbocycles. The Morgan fingerprint density at radius 1 is 0.852 bits per heavy atom. The van der Waals surface area contributed by atoms with Crippen molar-refractivity contribution in [3.05, 3.63) is 94.5 Å². The summed E-state index contributed by atoms with van der Waals surface area (Å²) in [5.74, 6) is 4.21. The number of fused-ring (bicyclic) bond motifs is 1. The van der Waals surface area contributed by atoms with Crippen molar-refractivity contribution < 1.29 is 14.4 Å². The highest BCUT2D eigenvalue weighted by atomic mass is 16.6. The Morgan fingerprint density at radius 3 is 2.33 bits per heavy atom. The molecule has 0 saturated carbocycles. The maximum absolute atomic E-state index is 13.1. The lowest BCUT2D eigenvalue weighted by atomic mass is 9.91. The van der Waals surface area contributed by atoms with Gasteiger partial charge in [-0.3, -0.25) is 14.4 Å². The van der Waals surface area contributed by atoms with Crippen molar-refractivity contribution in [2.45, 2.75) is 19.4 Å². The van der Waals surface area contributed by atoms with E-state index in [4.69, 9.17) is 10.7 Å². The molecule has 0 radical (unpaired) electrons. The van der Waals surface area contributed by atoms with E-state index in [9.17, 15) is 9.59 Å². The van der Waals surface area contributed by atoms with Crippen molar-refractivity contribution in [2.75, 3.05) is 0 Å². The third-order valence-electron chi connectivity index (χ3n) is 5.14. The SMILES string of the molecule is Cc1ccccc1C1C(=O)c2ccc(-c3ccccc3CON)cc2C1=O. The standard InChI is InChI=1S/C23H19NO3/c1-14-6-2-4-8-17(14)21-22(25)19-11-10-15(12-20(19)23(21)26)18-9-5-3-7-16(18)13-27-24/h2-12,21H,13,24H2,1H3. The molecule has 1 unspecified atom stereocenters. The fourth-order valence-corrected chi connectivity index (χ4v) is 3.77. The van der Waals surface area contributed by atoms with E-state index in [-0.39, 0.29) is 18.2 Å². The summed E-state index contributed by atoms with van der Waals surface area (Å²) >= 11 is 0. The van der Waals surface area contributed by atoms with E-state index in [1.54, 1.807) is 6.07 Å². The molecule has 1 aliphatic carbocycles. The summed E-state index contributed by atoms with van der Waals surface area (Å²) in [5, 5.41) is 0. The van der Waals surface area contributed by atoms with Crippen molar-refractivity contribution in [2.24, 2.45) is 5.90 Å². The van der Waals surface area contributed by atoms with Crippen LogP contribution in [0, 0.1) is 6.92 Å². The van der Waals surface area contributed by atoms with Crippen LogP contribution in [0.15, 0.2) is 66.7 Å². The Hall–Kier alpha value is -3.08. The lowest BCUT2D eigenvalue weighted by Crippen LogP contribution is -2.14. The first kappa shape index (κ1) is 17.3. The average Bonchev–Trinajstić information content (AvgIpc) is 2.93. The number of Topliss-reactive ketones (excluding diaryl/α,β-unsaturated/α-hetero) is 2. The molecule has 0 fully saturated rings. The minimum Gasteiger partial charge on any atom is -0.300 e. The van der Waals surface area contributed by atoms with Crippen molar-refractivity contribution in [1.29, 1.82) is 0 Å². The fourth-order valence-electron chi connectivity index (χ4n) is 3.77. The molecule has 0 heterocycles. The Balaban J connectivity index is 1.79. The van der Waals surface area contributed by atoms with Gasteiger partial charge in [0.2, 0.25) is 0 Å². The number of carbonyl (C=O) groups is 2. The van der Waals surface area contributed by atoms with Crippen LogP contribution in [0.25, 0.3) is 11.1 Å².